The Labute approximate surface area is 189 Å². The van der Waals surface area contributed by atoms with Gasteiger partial charge in [0.15, 0.2) is 0 Å². The van der Waals surface area contributed by atoms with E-state index in [-0.39, 0.29) is 22.9 Å². The van der Waals surface area contributed by atoms with Gasteiger partial charge in [-0.15, -0.1) is 5.10 Å². The first-order valence-corrected chi connectivity index (χ1v) is 13.6. The van der Waals surface area contributed by atoms with Crippen molar-refractivity contribution in [3.05, 3.63) is 48.5 Å². The Balaban J connectivity index is 1.55. The monoisotopic (exact) mass is 496 g/mol. The highest BCUT2D eigenvalue weighted by Crippen LogP contribution is 2.23. The molecular weight excluding hydrogens is 476 g/mol. The van der Waals surface area contributed by atoms with Gasteiger partial charge in [-0.05, 0) is 59.1 Å². The molecular formula is C18H20N6O5S3. The molecule has 0 aliphatic carbocycles. The van der Waals surface area contributed by atoms with E-state index in [0.29, 0.717) is 29.7 Å². The van der Waals surface area contributed by atoms with Gasteiger partial charge in [-0.1, -0.05) is 17.8 Å². The third-order valence-corrected chi connectivity index (χ3v) is 8.64. The van der Waals surface area contributed by atoms with Gasteiger partial charge in [0.1, 0.15) is 0 Å². The smallest absolute Gasteiger partial charge is 0.261 e. The second kappa shape index (κ2) is 9.15. The SMILES string of the molecule is CSc1nnnn1-c1cccc(NS(=O)(=O)c2ccc(S(=O)(=O)N3CCOCC3)cc2)c1. The summed E-state index contributed by atoms with van der Waals surface area (Å²) in [4.78, 5) is -0.0281. The molecule has 2 aromatic carbocycles. The lowest BCUT2D eigenvalue weighted by Gasteiger charge is -2.26. The number of nitrogens with zero attached hydrogens (tertiary/aromatic N) is 5. The molecule has 32 heavy (non-hydrogen) atoms. The van der Waals surface area contributed by atoms with Crippen molar-refractivity contribution in [3.8, 4) is 5.69 Å². The lowest BCUT2D eigenvalue weighted by atomic mass is 10.3. The molecule has 1 fully saturated rings. The van der Waals surface area contributed by atoms with Crippen LogP contribution in [0.2, 0.25) is 0 Å². The van der Waals surface area contributed by atoms with Crippen LogP contribution in [0.5, 0.6) is 0 Å². The fourth-order valence-corrected chi connectivity index (χ4v) is 6.00. The largest absolute Gasteiger partial charge is 0.379 e. The summed E-state index contributed by atoms with van der Waals surface area (Å²) in [7, 11) is -7.65. The van der Waals surface area contributed by atoms with E-state index < -0.39 is 20.0 Å². The van der Waals surface area contributed by atoms with E-state index in [1.165, 1.54) is 45.0 Å². The van der Waals surface area contributed by atoms with Crippen LogP contribution >= 0.6 is 11.8 Å². The van der Waals surface area contributed by atoms with Crippen molar-refractivity contribution in [1.82, 2.24) is 24.5 Å². The molecule has 0 amide bonds. The molecule has 0 saturated carbocycles. The van der Waals surface area contributed by atoms with Crippen LogP contribution in [0.25, 0.3) is 5.69 Å². The molecule has 1 N–H and O–H groups in total. The molecule has 0 atom stereocenters. The summed E-state index contributed by atoms with van der Waals surface area (Å²) in [5.41, 5.74) is 0.904. The van der Waals surface area contributed by atoms with E-state index in [9.17, 15) is 16.8 Å². The van der Waals surface area contributed by atoms with Crippen LogP contribution in [0.15, 0.2) is 63.5 Å². The van der Waals surface area contributed by atoms with Gasteiger partial charge in [0, 0.05) is 13.1 Å². The zero-order chi connectivity index (χ0) is 22.8. The number of thioether (sulfide) groups is 1. The van der Waals surface area contributed by atoms with Gasteiger partial charge in [-0.3, -0.25) is 4.72 Å². The maximum absolute atomic E-state index is 12.8. The predicted molar refractivity (Wildman–Crippen MR) is 118 cm³/mol. The second-order valence-corrected chi connectivity index (χ2v) is 11.1. The number of rotatable bonds is 7. The molecule has 0 radical (unpaired) electrons. The summed E-state index contributed by atoms with van der Waals surface area (Å²) >= 11 is 1.35. The van der Waals surface area contributed by atoms with Crippen LogP contribution in [-0.4, -0.2) is 73.9 Å². The highest BCUT2D eigenvalue weighted by molar-refractivity contribution is 7.98. The number of anilines is 1. The summed E-state index contributed by atoms with van der Waals surface area (Å²) in [6, 6.07) is 11.8. The van der Waals surface area contributed by atoms with Crippen LogP contribution in [0, 0.1) is 0 Å². The highest BCUT2D eigenvalue weighted by atomic mass is 32.2. The van der Waals surface area contributed by atoms with Crippen LogP contribution in [0.1, 0.15) is 0 Å². The van der Waals surface area contributed by atoms with Crippen molar-refractivity contribution in [2.24, 2.45) is 0 Å². The molecule has 14 heteroatoms. The Bertz CT molecular complexity index is 1300. The van der Waals surface area contributed by atoms with Crippen molar-refractivity contribution in [2.75, 3.05) is 37.3 Å². The predicted octanol–water partition coefficient (Wildman–Crippen LogP) is 1.21. The summed E-state index contributed by atoms with van der Waals surface area (Å²) in [5, 5.41) is 12.0. The molecule has 2 heterocycles. The number of benzene rings is 2. The van der Waals surface area contributed by atoms with Gasteiger partial charge >= 0.3 is 0 Å². The number of tetrazole rings is 1. The maximum atomic E-state index is 12.8. The van der Waals surface area contributed by atoms with Crippen molar-refractivity contribution in [3.63, 3.8) is 0 Å². The summed E-state index contributed by atoms with van der Waals surface area (Å²) in [6.45, 7) is 1.19. The molecule has 0 bridgehead atoms. The Kier molecular flexibility index (Phi) is 6.48. The van der Waals surface area contributed by atoms with Crippen LogP contribution in [0.3, 0.4) is 0 Å². The molecule has 1 aromatic heterocycles. The Morgan fingerprint density at radius 3 is 2.38 bits per heavy atom. The van der Waals surface area contributed by atoms with E-state index in [1.807, 2.05) is 6.26 Å². The van der Waals surface area contributed by atoms with Gasteiger partial charge in [-0.25, -0.2) is 16.8 Å². The molecule has 3 aromatic rings. The minimum atomic E-state index is -3.95. The zero-order valence-corrected chi connectivity index (χ0v) is 19.4. The van der Waals surface area contributed by atoms with Crippen molar-refractivity contribution >= 4 is 37.5 Å². The second-order valence-electron chi connectivity index (χ2n) is 6.72. The Morgan fingerprint density at radius 2 is 1.69 bits per heavy atom. The quantitative estimate of drug-likeness (QED) is 0.479. The van der Waals surface area contributed by atoms with E-state index >= 15 is 0 Å². The number of hydrogen-bond acceptors (Lipinski definition) is 9. The fraction of sp³-hybridized carbons (Fsp3) is 0.278. The molecule has 0 spiro atoms. The molecule has 1 saturated heterocycles. The fourth-order valence-electron chi connectivity index (χ4n) is 3.11. The Morgan fingerprint density at radius 1 is 1.00 bits per heavy atom. The number of morpholine rings is 1. The summed E-state index contributed by atoms with van der Waals surface area (Å²) in [5.74, 6) is 0. The molecule has 0 unspecified atom stereocenters. The van der Waals surface area contributed by atoms with E-state index in [1.54, 1.807) is 24.3 Å². The first-order chi connectivity index (χ1) is 15.3. The standard InChI is InChI=1S/C18H20N6O5S3/c1-30-18-19-21-22-24(18)15-4-2-3-14(13-15)20-31(25,26)16-5-7-17(8-6-16)32(27,28)23-9-11-29-12-10-23/h2-8,13,20H,9-12H2,1H3. The van der Waals surface area contributed by atoms with Crippen molar-refractivity contribution in [1.29, 1.82) is 0 Å². The van der Waals surface area contributed by atoms with E-state index in [2.05, 4.69) is 20.2 Å². The lowest BCUT2D eigenvalue weighted by Crippen LogP contribution is -2.40. The maximum Gasteiger partial charge on any atom is 0.261 e. The van der Waals surface area contributed by atoms with Gasteiger partial charge in [0.25, 0.3) is 10.0 Å². The zero-order valence-electron chi connectivity index (χ0n) is 16.9. The van der Waals surface area contributed by atoms with Crippen molar-refractivity contribution < 1.29 is 21.6 Å². The van der Waals surface area contributed by atoms with Gasteiger partial charge in [0.2, 0.25) is 15.2 Å². The van der Waals surface area contributed by atoms with Crippen LogP contribution in [0.4, 0.5) is 5.69 Å². The minimum absolute atomic E-state index is 0.0311. The highest BCUT2D eigenvalue weighted by Gasteiger charge is 2.27. The summed E-state index contributed by atoms with van der Waals surface area (Å²) < 4.78 is 61.7. The lowest BCUT2D eigenvalue weighted by molar-refractivity contribution is 0.0730. The topological polar surface area (TPSA) is 136 Å². The average Bonchev–Trinajstić information content (AvgIpc) is 3.29. The first kappa shape index (κ1) is 22.7. The molecule has 170 valence electrons. The minimum Gasteiger partial charge on any atom is -0.379 e. The number of aromatic nitrogens is 4. The third-order valence-electron chi connectivity index (χ3n) is 4.71. The number of sulfonamides is 2. The van der Waals surface area contributed by atoms with E-state index in [4.69, 9.17) is 4.74 Å². The number of hydrogen-bond donors (Lipinski definition) is 1. The molecule has 1 aliphatic heterocycles. The first-order valence-electron chi connectivity index (χ1n) is 9.45. The number of ether oxygens (including phenoxy) is 1. The van der Waals surface area contributed by atoms with E-state index in [0.717, 1.165) is 0 Å². The normalized spacial score (nSPS) is 15.5. The molecule has 1 aliphatic rings. The molecule has 4 rings (SSSR count). The van der Waals surface area contributed by atoms with Gasteiger partial charge in [0.05, 0.1) is 34.4 Å². The average molecular weight is 497 g/mol. The number of nitrogens with one attached hydrogen (secondary N) is 1. The summed E-state index contributed by atoms with van der Waals surface area (Å²) in [6.07, 6.45) is 1.83. The van der Waals surface area contributed by atoms with Gasteiger partial charge < -0.3 is 4.74 Å². The van der Waals surface area contributed by atoms with Crippen molar-refractivity contribution in [2.45, 2.75) is 14.9 Å². The third kappa shape index (κ3) is 4.63. The van der Waals surface area contributed by atoms with Crippen LogP contribution < -0.4 is 4.72 Å². The Hall–Kier alpha value is -2.52. The molecule has 11 nitrogen and oxygen atoms in total. The van der Waals surface area contributed by atoms with Gasteiger partial charge in [-0.2, -0.15) is 8.99 Å². The van der Waals surface area contributed by atoms with Crippen LogP contribution in [-0.2, 0) is 24.8 Å².